The largest absolute Gasteiger partial charge is 0.262 e. The third kappa shape index (κ3) is 3.87. The maximum Gasteiger partial charge on any atom is 0.244 e. The molecule has 0 saturated carbocycles. The lowest BCUT2D eigenvalue weighted by Crippen LogP contribution is -2.30. The average molecular weight is 373 g/mol. The fraction of sp³-hybridized carbons (Fsp3) is 0.214. The minimum atomic E-state index is -3.67. The molecule has 0 aliphatic heterocycles. The minimum Gasteiger partial charge on any atom is -0.262 e. The number of sulfonamides is 1. The number of rotatable bonds is 5. The van der Waals surface area contributed by atoms with E-state index in [-0.39, 0.29) is 23.8 Å². The summed E-state index contributed by atoms with van der Waals surface area (Å²) in [6.45, 7) is 2.14. The number of pyridine rings is 1. The molecule has 1 aromatic heterocycles. The van der Waals surface area contributed by atoms with Gasteiger partial charge in [-0.2, -0.15) is 4.31 Å². The summed E-state index contributed by atoms with van der Waals surface area (Å²) in [7, 11) is -3.67. The van der Waals surface area contributed by atoms with Crippen molar-refractivity contribution in [1.82, 2.24) is 9.29 Å². The van der Waals surface area contributed by atoms with Gasteiger partial charge in [-0.3, -0.25) is 4.98 Å². The molecule has 7 heteroatoms. The average Bonchev–Trinajstić information content (AvgIpc) is 2.44. The second-order valence-electron chi connectivity index (χ2n) is 4.40. The Morgan fingerprint density at radius 2 is 2.05 bits per heavy atom. The lowest BCUT2D eigenvalue weighted by Gasteiger charge is -2.20. The fourth-order valence-corrected chi connectivity index (χ4v) is 3.83. The summed E-state index contributed by atoms with van der Waals surface area (Å²) >= 11 is 3.21. The highest BCUT2D eigenvalue weighted by atomic mass is 79.9. The predicted molar refractivity (Wildman–Crippen MR) is 81.6 cm³/mol. The van der Waals surface area contributed by atoms with Crippen molar-refractivity contribution >= 4 is 26.0 Å². The van der Waals surface area contributed by atoms with Crippen LogP contribution in [0.3, 0.4) is 0 Å². The zero-order valence-electron chi connectivity index (χ0n) is 11.3. The number of aromatic nitrogens is 1. The molecule has 0 saturated heterocycles. The molecule has 0 unspecified atom stereocenters. The summed E-state index contributed by atoms with van der Waals surface area (Å²) in [5, 5.41) is 0. The van der Waals surface area contributed by atoms with Gasteiger partial charge in [0.2, 0.25) is 10.0 Å². The molecule has 0 fully saturated rings. The Labute approximate surface area is 131 Å². The first-order chi connectivity index (χ1) is 9.93. The van der Waals surface area contributed by atoms with Crippen molar-refractivity contribution < 1.29 is 12.8 Å². The van der Waals surface area contributed by atoms with Crippen molar-refractivity contribution in [2.45, 2.75) is 18.4 Å². The SMILES string of the molecule is CCN(Cc1cccc(F)c1)S(=O)(=O)c1cncc(Br)c1. The Hall–Kier alpha value is -1.31. The van der Waals surface area contributed by atoms with E-state index in [1.807, 2.05) is 0 Å². The molecule has 2 rings (SSSR count). The van der Waals surface area contributed by atoms with E-state index in [1.54, 1.807) is 19.1 Å². The maximum atomic E-state index is 13.2. The topological polar surface area (TPSA) is 50.3 Å². The van der Waals surface area contributed by atoms with Gasteiger partial charge in [-0.25, -0.2) is 12.8 Å². The lowest BCUT2D eigenvalue weighted by atomic mass is 10.2. The van der Waals surface area contributed by atoms with Crippen LogP contribution in [0.1, 0.15) is 12.5 Å². The molecule has 0 amide bonds. The first kappa shape index (κ1) is 16.1. The molecule has 112 valence electrons. The Bertz CT molecular complexity index is 737. The molecule has 0 N–H and O–H groups in total. The summed E-state index contributed by atoms with van der Waals surface area (Å²) in [4.78, 5) is 3.98. The third-order valence-electron chi connectivity index (χ3n) is 2.92. The number of hydrogen-bond donors (Lipinski definition) is 0. The highest BCUT2D eigenvalue weighted by Gasteiger charge is 2.23. The van der Waals surface area contributed by atoms with Crippen LogP contribution in [0.5, 0.6) is 0 Å². The maximum absolute atomic E-state index is 13.2. The molecule has 4 nitrogen and oxygen atoms in total. The normalized spacial score (nSPS) is 11.8. The van der Waals surface area contributed by atoms with Crippen LogP contribution in [0.25, 0.3) is 0 Å². The van der Waals surface area contributed by atoms with Crippen LogP contribution >= 0.6 is 15.9 Å². The molecule has 0 aliphatic carbocycles. The molecular weight excluding hydrogens is 359 g/mol. The quantitative estimate of drug-likeness (QED) is 0.809. The van der Waals surface area contributed by atoms with Crippen LogP contribution in [-0.4, -0.2) is 24.3 Å². The predicted octanol–water partition coefficient (Wildman–Crippen LogP) is 3.19. The molecule has 1 heterocycles. The van der Waals surface area contributed by atoms with E-state index in [1.165, 1.54) is 34.9 Å². The van der Waals surface area contributed by atoms with Gasteiger partial charge in [0.15, 0.2) is 0 Å². The highest BCUT2D eigenvalue weighted by molar-refractivity contribution is 9.10. The van der Waals surface area contributed by atoms with Crippen molar-refractivity contribution in [2.75, 3.05) is 6.54 Å². The first-order valence-corrected chi connectivity index (χ1v) is 8.52. The van der Waals surface area contributed by atoms with Crippen LogP contribution in [0, 0.1) is 5.82 Å². The van der Waals surface area contributed by atoms with Crippen molar-refractivity contribution in [3.8, 4) is 0 Å². The van der Waals surface area contributed by atoms with Crippen molar-refractivity contribution in [1.29, 1.82) is 0 Å². The third-order valence-corrected chi connectivity index (χ3v) is 5.24. The molecule has 0 spiro atoms. The van der Waals surface area contributed by atoms with E-state index < -0.39 is 10.0 Å². The summed E-state index contributed by atoms with van der Waals surface area (Å²) in [5.41, 5.74) is 0.600. The van der Waals surface area contributed by atoms with E-state index in [0.717, 1.165) is 0 Å². The van der Waals surface area contributed by atoms with Crippen molar-refractivity contribution in [3.63, 3.8) is 0 Å². The van der Waals surface area contributed by atoms with Crippen LogP contribution in [-0.2, 0) is 16.6 Å². The summed E-state index contributed by atoms with van der Waals surface area (Å²) in [6.07, 6.45) is 2.82. The molecular formula is C14H14BrFN2O2S. The number of halogens is 2. The van der Waals surface area contributed by atoms with Gasteiger partial charge in [0.05, 0.1) is 0 Å². The zero-order valence-corrected chi connectivity index (χ0v) is 13.7. The summed E-state index contributed by atoms with van der Waals surface area (Å²) < 4.78 is 40.2. The van der Waals surface area contributed by atoms with Crippen LogP contribution in [0.15, 0.2) is 52.1 Å². The second kappa shape index (κ2) is 6.64. The molecule has 1 aromatic carbocycles. The second-order valence-corrected chi connectivity index (χ2v) is 7.25. The molecule has 2 aromatic rings. The first-order valence-electron chi connectivity index (χ1n) is 6.28. The lowest BCUT2D eigenvalue weighted by molar-refractivity contribution is 0.422. The zero-order chi connectivity index (χ0) is 15.5. The van der Waals surface area contributed by atoms with E-state index >= 15 is 0 Å². The van der Waals surface area contributed by atoms with E-state index in [2.05, 4.69) is 20.9 Å². The van der Waals surface area contributed by atoms with Crippen LogP contribution in [0.2, 0.25) is 0 Å². The van der Waals surface area contributed by atoms with Gasteiger partial charge in [0.25, 0.3) is 0 Å². The van der Waals surface area contributed by atoms with Crippen LogP contribution in [0.4, 0.5) is 4.39 Å². The van der Waals surface area contributed by atoms with Gasteiger partial charge in [-0.1, -0.05) is 19.1 Å². The van der Waals surface area contributed by atoms with Gasteiger partial charge in [0, 0.05) is 30.0 Å². The number of benzene rings is 1. The monoisotopic (exact) mass is 372 g/mol. The van der Waals surface area contributed by atoms with Gasteiger partial charge in [0.1, 0.15) is 10.7 Å². The molecule has 0 atom stereocenters. The Balaban J connectivity index is 2.32. The summed E-state index contributed by atoms with van der Waals surface area (Å²) in [6, 6.07) is 7.41. The minimum absolute atomic E-state index is 0.107. The number of hydrogen-bond acceptors (Lipinski definition) is 3. The smallest absolute Gasteiger partial charge is 0.244 e. The van der Waals surface area contributed by atoms with Gasteiger partial charge in [-0.15, -0.1) is 0 Å². The molecule has 0 bridgehead atoms. The van der Waals surface area contributed by atoms with Gasteiger partial charge < -0.3 is 0 Å². The highest BCUT2D eigenvalue weighted by Crippen LogP contribution is 2.20. The molecule has 21 heavy (non-hydrogen) atoms. The molecule has 0 radical (unpaired) electrons. The van der Waals surface area contributed by atoms with Crippen LogP contribution < -0.4 is 0 Å². The van der Waals surface area contributed by atoms with Gasteiger partial charge in [-0.05, 0) is 39.7 Å². The summed E-state index contributed by atoms with van der Waals surface area (Å²) in [5.74, 6) is -0.384. The fourth-order valence-electron chi connectivity index (χ4n) is 1.89. The van der Waals surface area contributed by atoms with E-state index in [4.69, 9.17) is 0 Å². The Morgan fingerprint density at radius 1 is 1.29 bits per heavy atom. The Morgan fingerprint density at radius 3 is 2.67 bits per heavy atom. The van der Waals surface area contributed by atoms with E-state index in [0.29, 0.717) is 10.0 Å². The van der Waals surface area contributed by atoms with Crippen molar-refractivity contribution in [3.05, 3.63) is 58.6 Å². The van der Waals surface area contributed by atoms with Crippen molar-refractivity contribution in [2.24, 2.45) is 0 Å². The standard InChI is InChI=1S/C14H14BrFN2O2S/c1-2-18(10-11-4-3-5-13(16)6-11)21(19,20)14-7-12(15)8-17-9-14/h3-9H,2,10H2,1H3. The number of nitrogens with zero attached hydrogens (tertiary/aromatic N) is 2. The van der Waals surface area contributed by atoms with Gasteiger partial charge >= 0.3 is 0 Å². The van der Waals surface area contributed by atoms with E-state index in [9.17, 15) is 12.8 Å². The Kier molecular flexibility index (Phi) is 5.08. The molecule has 0 aliphatic rings.